The molecule has 1 aliphatic heterocycles. The highest BCUT2D eigenvalue weighted by molar-refractivity contribution is 7.92. The smallest absolute Gasteiger partial charge is 0.235 e. The molecule has 1 amide bonds. The average molecular weight is 366 g/mol. The quantitative estimate of drug-likeness (QED) is 0.885. The van der Waals surface area contributed by atoms with Gasteiger partial charge in [-0.1, -0.05) is 24.3 Å². The number of halogens is 2. The zero-order valence-electron chi connectivity index (χ0n) is 13.2. The molecule has 0 radical (unpaired) electrons. The van der Waals surface area contributed by atoms with Gasteiger partial charge in [-0.2, -0.15) is 0 Å². The second-order valence-electron chi connectivity index (χ2n) is 5.66. The SMILES string of the molecule is O=C(CCS(=O)(=O)N1CCc2ccccc21)Nc1c(F)cccc1F. The van der Waals surface area contributed by atoms with Gasteiger partial charge in [0.15, 0.2) is 0 Å². The van der Waals surface area contributed by atoms with E-state index in [1.165, 1.54) is 10.4 Å². The van der Waals surface area contributed by atoms with E-state index in [1.807, 2.05) is 12.1 Å². The van der Waals surface area contributed by atoms with Crippen molar-refractivity contribution >= 4 is 27.3 Å². The first kappa shape index (κ1) is 17.3. The van der Waals surface area contributed by atoms with Crippen molar-refractivity contribution in [2.75, 3.05) is 21.9 Å². The van der Waals surface area contributed by atoms with Crippen LogP contribution in [0.25, 0.3) is 0 Å². The summed E-state index contributed by atoms with van der Waals surface area (Å²) in [7, 11) is -3.70. The molecule has 0 bridgehead atoms. The van der Waals surface area contributed by atoms with E-state index in [9.17, 15) is 22.0 Å². The molecule has 0 aromatic heterocycles. The Morgan fingerprint density at radius 1 is 1.08 bits per heavy atom. The van der Waals surface area contributed by atoms with Gasteiger partial charge in [0.2, 0.25) is 15.9 Å². The fraction of sp³-hybridized carbons (Fsp3) is 0.235. The Balaban J connectivity index is 1.66. The monoisotopic (exact) mass is 366 g/mol. The molecule has 1 heterocycles. The number of hydrogen-bond acceptors (Lipinski definition) is 3. The summed E-state index contributed by atoms with van der Waals surface area (Å²) >= 11 is 0. The van der Waals surface area contributed by atoms with E-state index in [2.05, 4.69) is 5.32 Å². The van der Waals surface area contributed by atoms with Crippen molar-refractivity contribution < 1.29 is 22.0 Å². The van der Waals surface area contributed by atoms with Gasteiger partial charge in [-0.3, -0.25) is 9.10 Å². The lowest BCUT2D eigenvalue weighted by Crippen LogP contribution is -2.32. The molecule has 25 heavy (non-hydrogen) atoms. The highest BCUT2D eigenvalue weighted by Gasteiger charge is 2.29. The van der Waals surface area contributed by atoms with Gasteiger partial charge in [0.25, 0.3) is 0 Å². The first-order valence-corrected chi connectivity index (χ1v) is 9.31. The zero-order valence-corrected chi connectivity index (χ0v) is 14.0. The van der Waals surface area contributed by atoms with E-state index in [0.717, 1.165) is 17.7 Å². The molecule has 132 valence electrons. The molecular weight excluding hydrogens is 350 g/mol. The molecule has 1 aliphatic rings. The highest BCUT2D eigenvalue weighted by atomic mass is 32.2. The van der Waals surface area contributed by atoms with E-state index in [0.29, 0.717) is 18.7 Å². The second-order valence-corrected chi connectivity index (χ2v) is 7.67. The summed E-state index contributed by atoms with van der Waals surface area (Å²) in [6, 6.07) is 10.4. The number of para-hydroxylation sites is 2. The van der Waals surface area contributed by atoms with Gasteiger partial charge in [0, 0.05) is 13.0 Å². The Bertz CT molecular complexity index is 896. The maximum atomic E-state index is 13.5. The van der Waals surface area contributed by atoms with Crippen LogP contribution < -0.4 is 9.62 Å². The molecule has 5 nitrogen and oxygen atoms in total. The Kier molecular flexibility index (Phi) is 4.71. The number of nitrogens with zero attached hydrogens (tertiary/aromatic N) is 1. The van der Waals surface area contributed by atoms with Crippen LogP contribution in [0, 0.1) is 11.6 Å². The van der Waals surface area contributed by atoms with Crippen LogP contribution >= 0.6 is 0 Å². The first-order chi connectivity index (χ1) is 11.9. The third-order valence-electron chi connectivity index (χ3n) is 3.99. The van der Waals surface area contributed by atoms with Gasteiger partial charge in [0.1, 0.15) is 17.3 Å². The molecule has 0 saturated heterocycles. The largest absolute Gasteiger partial charge is 0.321 e. The van der Waals surface area contributed by atoms with Gasteiger partial charge < -0.3 is 5.32 Å². The average Bonchev–Trinajstić information content (AvgIpc) is 3.01. The molecule has 0 fully saturated rings. The molecule has 0 atom stereocenters. The van der Waals surface area contributed by atoms with Crippen LogP contribution in [0.15, 0.2) is 42.5 Å². The third-order valence-corrected chi connectivity index (χ3v) is 5.77. The minimum atomic E-state index is -3.70. The highest BCUT2D eigenvalue weighted by Crippen LogP contribution is 2.30. The summed E-state index contributed by atoms with van der Waals surface area (Å²) in [5.74, 6) is -3.03. The topological polar surface area (TPSA) is 66.5 Å². The maximum absolute atomic E-state index is 13.5. The van der Waals surface area contributed by atoms with Crippen molar-refractivity contribution in [3.63, 3.8) is 0 Å². The number of benzene rings is 2. The number of hydrogen-bond donors (Lipinski definition) is 1. The summed E-state index contributed by atoms with van der Waals surface area (Å²) in [6.07, 6.45) is 0.219. The Hall–Kier alpha value is -2.48. The summed E-state index contributed by atoms with van der Waals surface area (Å²) in [4.78, 5) is 11.9. The Labute approximate surface area is 144 Å². The van der Waals surface area contributed by atoms with Crippen molar-refractivity contribution in [3.8, 4) is 0 Å². The number of carbonyl (C=O) groups is 1. The van der Waals surface area contributed by atoms with Gasteiger partial charge in [-0.25, -0.2) is 17.2 Å². The number of carbonyl (C=O) groups excluding carboxylic acids is 1. The van der Waals surface area contributed by atoms with Crippen molar-refractivity contribution in [2.24, 2.45) is 0 Å². The number of amides is 1. The number of anilines is 2. The van der Waals surface area contributed by atoms with Crippen LogP contribution in [0.4, 0.5) is 20.2 Å². The molecular formula is C17H16F2N2O3S. The lowest BCUT2D eigenvalue weighted by Gasteiger charge is -2.19. The molecule has 3 rings (SSSR count). The van der Waals surface area contributed by atoms with Gasteiger partial charge >= 0.3 is 0 Å². The van der Waals surface area contributed by atoms with E-state index in [-0.39, 0.29) is 0 Å². The fourth-order valence-corrected chi connectivity index (χ4v) is 4.26. The molecule has 0 spiro atoms. The van der Waals surface area contributed by atoms with Gasteiger partial charge in [-0.05, 0) is 30.2 Å². The molecule has 0 aliphatic carbocycles. The number of nitrogens with one attached hydrogen (secondary N) is 1. The normalized spacial score (nSPS) is 13.6. The zero-order chi connectivity index (χ0) is 18.0. The molecule has 8 heteroatoms. The van der Waals surface area contributed by atoms with Crippen molar-refractivity contribution in [3.05, 3.63) is 59.7 Å². The molecule has 2 aromatic rings. The van der Waals surface area contributed by atoms with Gasteiger partial charge in [-0.15, -0.1) is 0 Å². The Morgan fingerprint density at radius 3 is 2.48 bits per heavy atom. The first-order valence-electron chi connectivity index (χ1n) is 7.70. The third kappa shape index (κ3) is 3.63. The van der Waals surface area contributed by atoms with Crippen LogP contribution in [0.1, 0.15) is 12.0 Å². The predicted octanol–water partition coefficient (Wildman–Crippen LogP) is 2.69. The van der Waals surface area contributed by atoms with Crippen molar-refractivity contribution in [1.82, 2.24) is 0 Å². The maximum Gasteiger partial charge on any atom is 0.235 e. The predicted molar refractivity (Wildman–Crippen MR) is 90.9 cm³/mol. The van der Waals surface area contributed by atoms with Crippen LogP contribution in [0.3, 0.4) is 0 Å². The number of sulfonamides is 1. The van der Waals surface area contributed by atoms with Gasteiger partial charge in [0.05, 0.1) is 11.4 Å². The molecule has 0 saturated carbocycles. The summed E-state index contributed by atoms with van der Waals surface area (Å²) in [6.45, 7) is 0.325. The van der Waals surface area contributed by atoms with E-state index in [4.69, 9.17) is 0 Å². The van der Waals surface area contributed by atoms with E-state index >= 15 is 0 Å². The van der Waals surface area contributed by atoms with Crippen LogP contribution in [0.5, 0.6) is 0 Å². The van der Waals surface area contributed by atoms with Crippen molar-refractivity contribution in [1.29, 1.82) is 0 Å². The summed E-state index contributed by atoms with van der Waals surface area (Å²) in [5, 5.41) is 2.09. The Morgan fingerprint density at radius 2 is 1.76 bits per heavy atom. The lowest BCUT2D eigenvalue weighted by atomic mass is 10.2. The van der Waals surface area contributed by atoms with E-state index in [1.54, 1.807) is 12.1 Å². The minimum absolute atomic E-state index is 0.325. The summed E-state index contributed by atoms with van der Waals surface area (Å²) in [5.41, 5.74) is 0.975. The fourth-order valence-electron chi connectivity index (χ4n) is 2.75. The number of fused-ring (bicyclic) bond motifs is 1. The van der Waals surface area contributed by atoms with Crippen LogP contribution in [-0.2, 0) is 21.2 Å². The van der Waals surface area contributed by atoms with Crippen molar-refractivity contribution in [2.45, 2.75) is 12.8 Å². The number of rotatable bonds is 5. The molecule has 2 aromatic carbocycles. The van der Waals surface area contributed by atoms with E-state index < -0.39 is 45.4 Å². The van der Waals surface area contributed by atoms with Crippen LogP contribution in [0.2, 0.25) is 0 Å². The molecule has 0 unspecified atom stereocenters. The summed E-state index contributed by atoms with van der Waals surface area (Å²) < 4.78 is 53.3. The standard InChI is InChI=1S/C17H16F2N2O3S/c18-13-5-3-6-14(19)17(13)20-16(22)9-11-25(23,24)21-10-8-12-4-1-2-7-15(12)21/h1-7H,8-11H2,(H,20,22). The van der Waals surface area contributed by atoms with Crippen LogP contribution in [-0.4, -0.2) is 26.6 Å². The second kappa shape index (κ2) is 6.79. The lowest BCUT2D eigenvalue weighted by molar-refractivity contribution is -0.115. The molecule has 1 N–H and O–H groups in total. The minimum Gasteiger partial charge on any atom is -0.321 e.